The number of carbonyl (C=O) groups excluding carboxylic acids is 1. The minimum absolute atomic E-state index is 0.116. The minimum Gasteiger partial charge on any atom is -0.354 e. The van der Waals surface area contributed by atoms with Gasteiger partial charge in [-0.05, 0) is 25.5 Å². The van der Waals surface area contributed by atoms with Crippen LogP contribution < -0.4 is 5.32 Å². The summed E-state index contributed by atoms with van der Waals surface area (Å²) < 4.78 is 25.6. The van der Waals surface area contributed by atoms with Gasteiger partial charge in [-0.25, -0.2) is 17.7 Å². The smallest absolute Gasteiger partial charge is 0.242 e. The number of amides is 1. The Labute approximate surface area is 136 Å². The van der Waals surface area contributed by atoms with E-state index in [9.17, 15) is 13.2 Å². The van der Waals surface area contributed by atoms with Crippen molar-refractivity contribution >= 4 is 27.0 Å². The predicted octanol–water partition coefficient (Wildman–Crippen LogP) is 0.995. The number of hydrogen-bond donors (Lipinski definition) is 1. The zero-order valence-electron chi connectivity index (χ0n) is 13.6. The van der Waals surface area contributed by atoms with Gasteiger partial charge in [0.05, 0.1) is 23.6 Å². The molecule has 2 rings (SSSR count). The van der Waals surface area contributed by atoms with E-state index in [1.807, 2.05) is 35.8 Å². The number of rotatable bonds is 7. The van der Waals surface area contributed by atoms with Crippen LogP contribution in [0.1, 0.15) is 19.4 Å². The molecule has 1 aromatic carbocycles. The topological polar surface area (TPSA) is 84.3 Å². The van der Waals surface area contributed by atoms with Gasteiger partial charge in [0.2, 0.25) is 15.9 Å². The molecule has 0 unspecified atom stereocenters. The van der Waals surface area contributed by atoms with Crippen molar-refractivity contribution in [2.75, 3.05) is 26.4 Å². The molecule has 0 aliphatic heterocycles. The third kappa shape index (κ3) is 4.29. The molecular formula is C15H22N4O3S. The Balaban J connectivity index is 1.89. The van der Waals surface area contributed by atoms with Crippen LogP contribution in [-0.4, -0.2) is 54.6 Å². The molecule has 0 radical (unpaired) electrons. The number of nitrogens with one attached hydrogen (secondary N) is 1. The van der Waals surface area contributed by atoms with E-state index in [0.717, 1.165) is 17.3 Å². The SMILES string of the molecule is C[C@@H](C(=O)NCCCN(C)S(C)(=O)=O)n1cnc2ccccc21. The molecule has 23 heavy (non-hydrogen) atoms. The van der Waals surface area contributed by atoms with Crippen LogP contribution in [0.5, 0.6) is 0 Å². The summed E-state index contributed by atoms with van der Waals surface area (Å²) >= 11 is 0. The molecule has 0 aliphatic carbocycles. The van der Waals surface area contributed by atoms with E-state index in [1.54, 1.807) is 6.33 Å². The third-order valence-electron chi connectivity index (χ3n) is 3.79. The molecule has 1 aromatic heterocycles. The number of carbonyl (C=O) groups is 1. The Kier molecular flexibility index (Phi) is 5.38. The Morgan fingerprint density at radius 2 is 2.09 bits per heavy atom. The maximum Gasteiger partial charge on any atom is 0.242 e. The van der Waals surface area contributed by atoms with E-state index in [0.29, 0.717) is 19.5 Å². The lowest BCUT2D eigenvalue weighted by Gasteiger charge is -2.16. The molecule has 8 heteroatoms. The van der Waals surface area contributed by atoms with E-state index in [4.69, 9.17) is 0 Å². The predicted molar refractivity (Wildman–Crippen MR) is 89.5 cm³/mol. The summed E-state index contributed by atoms with van der Waals surface area (Å²) in [7, 11) is -1.65. The molecule has 1 N–H and O–H groups in total. The van der Waals surface area contributed by atoms with Crippen LogP contribution in [0, 0.1) is 0 Å². The van der Waals surface area contributed by atoms with Gasteiger partial charge in [-0.15, -0.1) is 0 Å². The molecule has 126 valence electrons. The Bertz CT molecular complexity index is 785. The minimum atomic E-state index is -3.17. The number of aromatic nitrogens is 2. The van der Waals surface area contributed by atoms with Gasteiger partial charge in [0.15, 0.2) is 0 Å². The van der Waals surface area contributed by atoms with Crippen molar-refractivity contribution in [1.29, 1.82) is 0 Å². The fourth-order valence-electron chi connectivity index (χ4n) is 2.24. The first-order valence-electron chi connectivity index (χ1n) is 7.41. The highest BCUT2D eigenvalue weighted by atomic mass is 32.2. The fraction of sp³-hybridized carbons (Fsp3) is 0.467. The fourth-order valence-corrected chi connectivity index (χ4v) is 2.70. The first-order chi connectivity index (χ1) is 10.8. The van der Waals surface area contributed by atoms with E-state index < -0.39 is 10.0 Å². The first-order valence-corrected chi connectivity index (χ1v) is 9.26. The Morgan fingerprint density at radius 1 is 1.39 bits per heavy atom. The highest BCUT2D eigenvalue weighted by molar-refractivity contribution is 7.88. The van der Waals surface area contributed by atoms with Crippen molar-refractivity contribution in [2.45, 2.75) is 19.4 Å². The molecular weight excluding hydrogens is 316 g/mol. The largest absolute Gasteiger partial charge is 0.354 e. The van der Waals surface area contributed by atoms with Crippen LogP contribution in [0.4, 0.5) is 0 Å². The molecule has 2 aromatic rings. The van der Waals surface area contributed by atoms with Gasteiger partial charge in [-0.1, -0.05) is 12.1 Å². The van der Waals surface area contributed by atoms with Crippen LogP contribution in [0.15, 0.2) is 30.6 Å². The number of imidazole rings is 1. The average Bonchev–Trinajstić information content (AvgIpc) is 2.93. The highest BCUT2D eigenvalue weighted by Crippen LogP contribution is 2.17. The number of hydrogen-bond acceptors (Lipinski definition) is 4. The number of nitrogens with zero attached hydrogens (tertiary/aromatic N) is 3. The monoisotopic (exact) mass is 338 g/mol. The standard InChI is InChI=1S/C15H22N4O3S/c1-12(19-11-17-13-7-4-5-8-14(13)19)15(20)16-9-6-10-18(2)23(3,21)22/h4-5,7-8,11-12H,6,9-10H2,1-3H3,(H,16,20)/t12-/m0/s1. The molecule has 0 spiro atoms. The van der Waals surface area contributed by atoms with Gasteiger partial charge in [0.1, 0.15) is 6.04 Å². The summed E-state index contributed by atoms with van der Waals surface area (Å²) in [6.07, 6.45) is 3.39. The summed E-state index contributed by atoms with van der Waals surface area (Å²) in [4.78, 5) is 16.5. The Morgan fingerprint density at radius 3 is 2.78 bits per heavy atom. The van der Waals surface area contributed by atoms with E-state index >= 15 is 0 Å². The number of sulfonamides is 1. The van der Waals surface area contributed by atoms with Gasteiger partial charge in [-0.3, -0.25) is 4.79 Å². The van der Waals surface area contributed by atoms with Crippen molar-refractivity contribution in [3.63, 3.8) is 0 Å². The molecule has 0 aliphatic rings. The molecule has 1 amide bonds. The molecule has 0 fully saturated rings. The van der Waals surface area contributed by atoms with Gasteiger partial charge in [0, 0.05) is 20.1 Å². The lowest BCUT2D eigenvalue weighted by molar-refractivity contribution is -0.123. The van der Waals surface area contributed by atoms with Gasteiger partial charge < -0.3 is 9.88 Å². The molecule has 1 heterocycles. The van der Waals surface area contributed by atoms with Crippen LogP contribution in [0.3, 0.4) is 0 Å². The Hall–Kier alpha value is -1.93. The van der Waals surface area contributed by atoms with Crippen molar-refractivity contribution < 1.29 is 13.2 Å². The third-order valence-corrected chi connectivity index (χ3v) is 5.11. The normalized spacial score (nSPS) is 13.4. The molecule has 0 saturated carbocycles. The maximum absolute atomic E-state index is 12.2. The van der Waals surface area contributed by atoms with Gasteiger partial charge in [0.25, 0.3) is 0 Å². The van der Waals surface area contributed by atoms with Gasteiger partial charge >= 0.3 is 0 Å². The molecule has 7 nitrogen and oxygen atoms in total. The van der Waals surface area contributed by atoms with E-state index in [1.165, 1.54) is 11.4 Å². The highest BCUT2D eigenvalue weighted by Gasteiger charge is 2.17. The summed E-state index contributed by atoms with van der Waals surface area (Å²) in [6.45, 7) is 2.61. The lowest BCUT2D eigenvalue weighted by Crippen LogP contribution is -2.34. The van der Waals surface area contributed by atoms with Crippen molar-refractivity contribution in [3.05, 3.63) is 30.6 Å². The van der Waals surface area contributed by atoms with E-state index in [-0.39, 0.29) is 11.9 Å². The zero-order valence-corrected chi connectivity index (χ0v) is 14.4. The molecule has 0 bridgehead atoms. The second-order valence-electron chi connectivity index (χ2n) is 5.55. The molecule has 0 saturated heterocycles. The molecule has 1 atom stereocenters. The number of para-hydroxylation sites is 2. The van der Waals surface area contributed by atoms with Crippen LogP contribution in [0.25, 0.3) is 11.0 Å². The number of benzene rings is 1. The van der Waals surface area contributed by atoms with E-state index in [2.05, 4.69) is 10.3 Å². The van der Waals surface area contributed by atoms with Crippen molar-refractivity contribution in [2.24, 2.45) is 0 Å². The lowest BCUT2D eigenvalue weighted by atomic mass is 10.2. The summed E-state index contributed by atoms with van der Waals surface area (Å²) in [5.74, 6) is -0.116. The van der Waals surface area contributed by atoms with Crippen LogP contribution in [-0.2, 0) is 14.8 Å². The summed E-state index contributed by atoms with van der Waals surface area (Å²) in [5.41, 5.74) is 1.76. The quantitative estimate of drug-likeness (QED) is 0.763. The van der Waals surface area contributed by atoms with Crippen LogP contribution >= 0.6 is 0 Å². The van der Waals surface area contributed by atoms with Crippen LogP contribution in [0.2, 0.25) is 0 Å². The number of fused-ring (bicyclic) bond motifs is 1. The average molecular weight is 338 g/mol. The van der Waals surface area contributed by atoms with Gasteiger partial charge in [-0.2, -0.15) is 0 Å². The van der Waals surface area contributed by atoms with Crippen molar-refractivity contribution in [3.8, 4) is 0 Å². The summed E-state index contributed by atoms with van der Waals surface area (Å²) in [6, 6.07) is 7.26. The second kappa shape index (κ2) is 7.10. The zero-order chi connectivity index (χ0) is 17.0. The van der Waals surface area contributed by atoms with Crippen molar-refractivity contribution in [1.82, 2.24) is 19.2 Å². The maximum atomic E-state index is 12.2. The first kappa shape index (κ1) is 17.4. The second-order valence-corrected chi connectivity index (χ2v) is 7.64. The summed E-state index contributed by atoms with van der Waals surface area (Å²) in [5, 5.41) is 2.83.